The van der Waals surface area contributed by atoms with Crippen LogP contribution in [0.25, 0.3) is 11.0 Å². The molecule has 3 rings (SSSR count). The van der Waals surface area contributed by atoms with Crippen molar-refractivity contribution >= 4 is 29.1 Å². The molecular formula is C18H18N4O3. The highest BCUT2D eigenvalue weighted by Crippen LogP contribution is 2.21. The Morgan fingerprint density at radius 3 is 2.60 bits per heavy atom. The highest BCUT2D eigenvalue weighted by Gasteiger charge is 2.18. The first-order chi connectivity index (χ1) is 12.1. The maximum Gasteiger partial charge on any atom is 0.413 e. The molecule has 1 amide bonds. The van der Waals surface area contributed by atoms with E-state index < -0.39 is 6.09 Å². The lowest BCUT2D eigenvalue weighted by atomic mass is 10.2. The van der Waals surface area contributed by atoms with Gasteiger partial charge < -0.3 is 9.47 Å². The third-order valence-electron chi connectivity index (χ3n) is 3.71. The van der Waals surface area contributed by atoms with Gasteiger partial charge in [-0.05, 0) is 36.2 Å². The molecule has 0 bridgehead atoms. The molecule has 25 heavy (non-hydrogen) atoms. The number of rotatable bonds is 3. The number of benzene rings is 2. The molecule has 0 radical (unpaired) electrons. The minimum Gasteiger partial charge on any atom is -0.453 e. The van der Waals surface area contributed by atoms with Gasteiger partial charge in [-0.3, -0.25) is 10.7 Å². The minimum absolute atomic E-state index is 0.156. The van der Waals surface area contributed by atoms with Crippen molar-refractivity contribution in [3.63, 3.8) is 0 Å². The van der Waals surface area contributed by atoms with Crippen molar-refractivity contribution in [1.29, 1.82) is 5.41 Å². The molecule has 0 aliphatic heterocycles. The molecule has 0 fully saturated rings. The summed E-state index contributed by atoms with van der Waals surface area (Å²) in [7, 11) is 1.26. The average molecular weight is 338 g/mol. The summed E-state index contributed by atoms with van der Waals surface area (Å²) in [4.78, 5) is 15.9. The van der Waals surface area contributed by atoms with Crippen molar-refractivity contribution in [2.45, 2.75) is 13.3 Å². The number of nitrogens with zero attached hydrogens (tertiary/aromatic N) is 2. The van der Waals surface area contributed by atoms with Gasteiger partial charge in [-0.15, -0.1) is 0 Å². The number of carbonyl (C=O) groups is 1. The topological polar surface area (TPSA) is 89.2 Å². The molecule has 128 valence electrons. The minimum atomic E-state index is -0.670. The fraction of sp³-hybridized carbons (Fsp3) is 0.167. The van der Waals surface area contributed by atoms with Crippen molar-refractivity contribution < 1.29 is 14.3 Å². The van der Waals surface area contributed by atoms with E-state index in [1.807, 2.05) is 24.3 Å². The largest absolute Gasteiger partial charge is 0.453 e. The molecule has 1 heterocycles. The Hall–Kier alpha value is -3.35. The molecule has 0 aliphatic carbocycles. The maximum absolute atomic E-state index is 11.6. The number of fused-ring (bicyclic) bond motifs is 1. The van der Waals surface area contributed by atoms with Gasteiger partial charge >= 0.3 is 12.1 Å². The van der Waals surface area contributed by atoms with E-state index in [9.17, 15) is 4.79 Å². The Kier molecular flexibility index (Phi) is 4.65. The van der Waals surface area contributed by atoms with Crippen LogP contribution in [0.1, 0.15) is 12.5 Å². The molecule has 2 N–H and O–H groups in total. The van der Waals surface area contributed by atoms with Crippen LogP contribution < -0.4 is 10.1 Å². The SMILES string of the molecule is CCc1ccc(OC(=N)n2c(NC(=O)OC)nc3ccccc32)cc1. The van der Waals surface area contributed by atoms with Crippen LogP contribution in [-0.2, 0) is 11.2 Å². The molecule has 0 aliphatic rings. The van der Waals surface area contributed by atoms with Gasteiger partial charge in [-0.1, -0.05) is 31.2 Å². The van der Waals surface area contributed by atoms with E-state index >= 15 is 0 Å². The quantitative estimate of drug-likeness (QED) is 0.563. The summed E-state index contributed by atoms with van der Waals surface area (Å²) in [5, 5.41) is 10.8. The van der Waals surface area contributed by atoms with Gasteiger partial charge in [0.15, 0.2) is 0 Å². The van der Waals surface area contributed by atoms with Crippen molar-refractivity contribution in [1.82, 2.24) is 9.55 Å². The number of hydrogen-bond acceptors (Lipinski definition) is 5. The molecule has 0 unspecified atom stereocenters. The number of ether oxygens (including phenoxy) is 2. The fourth-order valence-electron chi connectivity index (χ4n) is 2.41. The number of methoxy groups -OCH3 is 1. The highest BCUT2D eigenvalue weighted by molar-refractivity contribution is 5.95. The number of aromatic nitrogens is 2. The standard InChI is InChI=1S/C18H18N4O3/c1-3-12-8-10-13(11-9-12)25-16(19)22-15-7-5-4-6-14(15)20-17(22)21-18(23)24-2/h4-11,19H,3H2,1-2H3,(H,20,21,23). The summed E-state index contributed by atoms with van der Waals surface area (Å²) in [5.74, 6) is 0.687. The van der Waals surface area contributed by atoms with Crippen molar-refractivity contribution in [3.05, 3.63) is 54.1 Å². The number of para-hydroxylation sites is 2. The van der Waals surface area contributed by atoms with Crippen LogP contribution in [0.2, 0.25) is 0 Å². The highest BCUT2D eigenvalue weighted by atomic mass is 16.5. The van der Waals surface area contributed by atoms with Crippen LogP contribution in [0.15, 0.2) is 48.5 Å². The first-order valence-electron chi connectivity index (χ1n) is 7.80. The lowest BCUT2D eigenvalue weighted by Crippen LogP contribution is -2.23. The van der Waals surface area contributed by atoms with Gasteiger partial charge in [0.05, 0.1) is 18.1 Å². The van der Waals surface area contributed by atoms with Gasteiger partial charge in [0.25, 0.3) is 0 Å². The lowest BCUT2D eigenvalue weighted by molar-refractivity contribution is 0.186. The first kappa shape index (κ1) is 16.5. The van der Waals surface area contributed by atoms with E-state index in [-0.39, 0.29) is 12.0 Å². The number of imidazole rings is 1. The molecule has 2 aromatic carbocycles. The Bertz CT molecular complexity index is 916. The zero-order valence-corrected chi connectivity index (χ0v) is 13.9. The number of anilines is 1. The van der Waals surface area contributed by atoms with Gasteiger partial charge in [0.2, 0.25) is 5.95 Å². The van der Waals surface area contributed by atoms with Crippen LogP contribution in [0.4, 0.5) is 10.7 Å². The zero-order valence-electron chi connectivity index (χ0n) is 13.9. The predicted molar refractivity (Wildman–Crippen MR) is 95.3 cm³/mol. The van der Waals surface area contributed by atoms with Crippen LogP contribution in [0.3, 0.4) is 0 Å². The van der Waals surface area contributed by atoms with E-state index in [2.05, 4.69) is 22.0 Å². The maximum atomic E-state index is 11.6. The number of aryl methyl sites for hydroxylation is 1. The summed E-state index contributed by atoms with van der Waals surface area (Å²) >= 11 is 0. The van der Waals surface area contributed by atoms with Crippen molar-refractivity contribution in [2.24, 2.45) is 0 Å². The molecule has 7 heteroatoms. The van der Waals surface area contributed by atoms with E-state index in [1.54, 1.807) is 24.3 Å². The van der Waals surface area contributed by atoms with Crippen molar-refractivity contribution in [2.75, 3.05) is 12.4 Å². The second-order valence-corrected chi connectivity index (χ2v) is 5.28. The normalized spacial score (nSPS) is 10.5. The van der Waals surface area contributed by atoms with E-state index in [0.717, 1.165) is 6.42 Å². The zero-order chi connectivity index (χ0) is 17.8. The number of nitrogens with one attached hydrogen (secondary N) is 2. The van der Waals surface area contributed by atoms with E-state index in [4.69, 9.17) is 10.1 Å². The second-order valence-electron chi connectivity index (χ2n) is 5.28. The molecule has 0 saturated heterocycles. The number of hydrogen-bond donors (Lipinski definition) is 2. The summed E-state index contributed by atoms with van der Waals surface area (Å²) in [6.45, 7) is 2.07. The summed E-state index contributed by atoms with van der Waals surface area (Å²) < 4.78 is 11.7. The van der Waals surface area contributed by atoms with Crippen LogP contribution >= 0.6 is 0 Å². The monoisotopic (exact) mass is 338 g/mol. The molecule has 3 aromatic rings. The Morgan fingerprint density at radius 1 is 1.20 bits per heavy atom. The molecule has 0 spiro atoms. The van der Waals surface area contributed by atoms with Crippen molar-refractivity contribution in [3.8, 4) is 5.75 Å². The number of amides is 1. The molecular weight excluding hydrogens is 320 g/mol. The Labute approximate surface area is 144 Å². The molecule has 0 atom stereocenters. The molecule has 7 nitrogen and oxygen atoms in total. The lowest BCUT2D eigenvalue weighted by Gasteiger charge is -2.12. The summed E-state index contributed by atoms with van der Waals surface area (Å²) in [5.41, 5.74) is 2.45. The fourth-order valence-corrected chi connectivity index (χ4v) is 2.41. The Balaban J connectivity index is 1.95. The van der Waals surface area contributed by atoms with Crippen LogP contribution in [-0.4, -0.2) is 28.8 Å². The third kappa shape index (κ3) is 3.45. The third-order valence-corrected chi connectivity index (χ3v) is 3.71. The predicted octanol–water partition coefficient (Wildman–Crippen LogP) is 3.64. The van der Waals surface area contributed by atoms with Gasteiger partial charge in [0.1, 0.15) is 5.75 Å². The first-order valence-corrected chi connectivity index (χ1v) is 7.80. The van der Waals surface area contributed by atoms with Crippen LogP contribution in [0, 0.1) is 5.41 Å². The molecule has 0 saturated carbocycles. The summed E-state index contributed by atoms with van der Waals surface area (Å²) in [6.07, 6.45) is 0.258. The number of carbonyl (C=O) groups excluding carboxylic acids is 1. The average Bonchev–Trinajstić information content (AvgIpc) is 3.00. The van der Waals surface area contributed by atoms with Gasteiger partial charge in [0, 0.05) is 0 Å². The van der Waals surface area contributed by atoms with E-state index in [1.165, 1.54) is 17.2 Å². The summed E-state index contributed by atoms with van der Waals surface area (Å²) in [6, 6.07) is 14.6. The Morgan fingerprint density at radius 2 is 1.92 bits per heavy atom. The van der Waals surface area contributed by atoms with E-state index in [0.29, 0.717) is 16.8 Å². The van der Waals surface area contributed by atoms with Gasteiger partial charge in [-0.2, -0.15) is 0 Å². The smallest absolute Gasteiger partial charge is 0.413 e. The van der Waals surface area contributed by atoms with Gasteiger partial charge in [-0.25, -0.2) is 14.3 Å². The second kappa shape index (κ2) is 7.04. The van der Waals surface area contributed by atoms with Crippen LogP contribution in [0.5, 0.6) is 5.75 Å². The molecule has 1 aromatic heterocycles.